The van der Waals surface area contributed by atoms with E-state index in [9.17, 15) is 4.79 Å². The number of benzene rings is 2. The van der Waals surface area contributed by atoms with Crippen LogP contribution in [0.1, 0.15) is 6.92 Å². The highest BCUT2D eigenvalue weighted by molar-refractivity contribution is 6.00. The van der Waals surface area contributed by atoms with Crippen LogP contribution in [0.15, 0.2) is 42.5 Å². The van der Waals surface area contributed by atoms with Crippen molar-refractivity contribution < 1.29 is 9.53 Å². The zero-order chi connectivity index (χ0) is 13.4. The van der Waals surface area contributed by atoms with Crippen LogP contribution in [0.3, 0.4) is 0 Å². The zero-order valence-electron chi connectivity index (χ0n) is 10.5. The number of carbonyl (C=O) groups is 1. The molecule has 1 aliphatic heterocycles. The molecule has 1 unspecified atom stereocenters. The molecule has 3 rings (SSSR count). The molecule has 0 radical (unpaired) electrons. The highest BCUT2D eigenvalue weighted by atomic mass is 16.5. The smallest absolute Gasteiger partial charge is 0.265 e. The van der Waals surface area contributed by atoms with E-state index in [4.69, 9.17) is 10.5 Å². The Balaban J connectivity index is 2.10. The second kappa shape index (κ2) is 4.31. The summed E-state index contributed by atoms with van der Waals surface area (Å²) in [5, 5.41) is 2.82. The van der Waals surface area contributed by atoms with Crippen molar-refractivity contribution in [1.82, 2.24) is 0 Å². The van der Waals surface area contributed by atoms with Crippen LogP contribution in [0.2, 0.25) is 0 Å². The molecule has 0 aliphatic carbocycles. The Morgan fingerprint density at radius 2 is 1.89 bits per heavy atom. The van der Waals surface area contributed by atoms with Crippen LogP contribution >= 0.6 is 0 Å². The summed E-state index contributed by atoms with van der Waals surface area (Å²) in [5.41, 5.74) is 9.17. The predicted molar refractivity (Wildman–Crippen MR) is 75.0 cm³/mol. The van der Waals surface area contributed by atoms with Gasteiger partial charge in [-0.1, -0.05) is 30.3 Å². The third-order valence-corrected chi connectivity index (χ3v) is 3.15. The molecule has 0 aromatic heterocycles. The van der Waals surface area contributed by atoms with Gasteiger partial charge in [0.25, 0.3) is 5.91 Å². The first-order chi connectivity index (χ1) is 9.15. The lowest BCUT2D eigenvalue weighted by Gasteiger charge is -2.25. The van der Waals surface area contributed by atoms with Gasteiger partial charge >= 0.3 is 0 Å². The van der Waals surface area contributed by atoms with Crippen LogP contribution in [0.5, 0.6) is 5.75 Å². The molecule has 1 atom stereocenters. The molecular weight excluding hydrogens is 240 g/mol. The Hall–Kier alpha value is -2.49. The topological polar surface area (TPSA) is 64.3 Å². The molecule has 0 bridgehead atoms. The van der Waals surface area contributed by atoms with Gasteiger partial charge in [-0.15, -0.1) is 0 Å². The van der Waals surface area contributed by atoms with Crippen molar-refractivity contribution in [1.29, 1.82) is 0 Å². The Bertz CT molecular complexity index is 638. The number of fused-ring (bicyclic) bond motifs is 1. The predicted octanol–water partition coefficient (Wildman–Crippen LogP) is 2.66. The molecule has 0 saturated heterocycles. The number of ether oxygens (including phenoxy) is 1. The lowest BCUT2D eigenvalue weighted by Crippen LogP contribution is -2.34. The summed E-state index contributed by atoms with van der Waals surface area (Å²) in [6, 6.07) is 13.6. The summed E-state index contributed by atoms with van der Waals surface area (Å²) in [7, 11) is 0. The van der Waals surface area contributed by atoms with Crippen molar-refractivity contribution in [2.45, 2.75) is 13.0 Å². The van der Waals surface area contributed by atoms with Gasteiger partial charge in [0, 0.05) is 0 Å². The Kier molecular flexibility index (Phi) is 2.63. The van der Waals surface area contributed by atoms with Crippen molar-refractivity contribution in [2.24, 2.45) is 0 Å². The van der Waals surface area contributed by atoms with E-state index in [-0.39, 0.29) is 5.91 Å². The fourth-order valence-corrected chi connectivity index (χ4v) is 2.14. The molecule has 4 heteroatoms. The third-order valence-electron chi connectivity index (χ3n) is 3.15. The number of anilines is 2. The second-order valence-corrected chi connectivity index (χ2v) is 4.56. The Morgan fingerprint density at radius 1 is 1.16 bits per heavy atom. The van der Waals surface area contributed by atoms with Crippen molar-refractivity contribution in [2.75, 3.05) is 11.1 Å². The number of hydrogen-bond acceptors (Lipinski definition) is 3. The average Bonchev–Trinajstić information content (AvgIpc) is 2.42. The maximum Gasteiger partial charge on any atom is 0.265 e. The fraction of sp³-hybridized carbons (Fsp3) is 0.133. The summed E-state index contributed by atoms with van der Waals surface area (Å²) in [6.45, 7) is 1.70. The highest BCUT2D eigenvalue weighted by Crippen LogP contribution is 2.39. The second-order valence-electron chi connectivity index (χ2n) is 4.56. The molecule has 2 aromatic rings. The van der Waals surface area contributed by atoms with E-state index in [1.165, 1.54) is 0 Å². The van der Waals surface area contributed by atoms with Gasteiger partial charge in [0.2, 0.25) is 0 Å². The van der Waals surface area contributed by atoms with Crippen molar-refractivity contribution in [3.8, 4) is 16.9 Å². The first-order valence-corrected chi connectivity index (χ1v) is 6.11. The zero-order valence-corrected chi connectivity index (χ0v) is 10.5. The van der Waals surface area contributed by atoms with E-state index in [1.807, 2.05) is 42.5 Å². The monoisotopic (exact) mass is 254 g/mol. The van der Waals surface area contributed by atoms with Crippen LogP contribution in [0.25, 0.3) is 11.1 Å². The van der Waals surface area contributed by atoms with Crippen molar-refractivity contribution >= 4 is 17.3 Å². The molecule has 1 aliphatic rings. The first kappa shape index (κ1) is 11.6. The molecule has 4 nitrogen and oxygen atoms in total. The van der Waals surface area contributed by atoms with Gasteiger partial charge in [-0.2, -0.15) is 0 Å². The normalized spacial score (nSPS) is 17.3. The Morgan fingerprint density at radius 3 is 2.63 bits per heavy atom. The van der Waals surface area contributed by atoms with Crippen LogP contribution in [-0.4, -0.2) is 12.0 Å². The first-order valence-electron chi connectivity index (χ1n) is 6.11. The van der Waals surface area contributed by atoms with Gasteiger partial charge in [-0.05, 0) is 30.2 Å². The van der Waals surface area contributed by atoms with Crippen molar-refractivity contribution in [3.05, 3.63) is 42.5 Å². The number of amides is 1. The molecule has 3 N–H and O–H groups in total. The number of nitrogens with one attached hydrogen (secondary N) is 1. The standard InChI is InChI=1S/C15H14N2O2/c1-9-15(18)17-13-8-11(7-12(16)14(13)19-9)10-5-3-2-4-6-10/h2-9H,16H2,1H3,(H,17,18). The number of rotatable bonds is 1. The number of hydrogen-bond donors (Lipinski definition) is 2. The van der Waals surface area contributed by atoms with Gasteiger partial charge in [-0.25, -0.2) is 0 Å². The van der Waals surface area contributed by atoms with Crippen LogP contribution < -0.4 is 15.8 Å². The van der Waals surface area contributed by atoms with Crippen molar-refractivity contribution in [3.63, 3.8) is 0 Å². The van der Waals surface area contributed by atoms with E-state index in [0.717, 1.165) is 11.1 Å². The maximum atomic E-state index is 11.6. The molecule has 0 fully saturated rings. The third kappa shape index (κ3) is 2.01. The summed E-state index contributed by atoms with van der Waals surface area (Å²) < 4.78 is 5.53. The lowest BCUT2D eigenvalue weighted by molar-refractivity contribution is -0.122. The minimum absolute atomic E-state index is 0.155. The number of nitrogen functional groups attached to an aromatic ring is 1. The molecule has 1 heterocycles. The van der Waals surface area contributed by atoms with E-state index < -0.39 is 6.10 Å². The SMILES string of the molecule is CC1Oc2c(N)cc(-c3ccccc3)cc2NC1=O. The summed E-state index contributed by atoms with van der Waals surface area (Å²) >= 11 is 0. The van der Waals surface area contributed by atoms with Gasteiger partial charge in [0.15, 0.2) is 11.9 Å². The molecule has 0 spiro atoms. The Labute approximate surface area is 111 Å². The highest BCUT2D eigenvalue weighted by Gasteiger charge is 2.25. The minimum Gasteiger partial charge on any atom is -0.477 e. The summed E-state index contributed by atoms with van der Waals surface area (Å²) in [5.74, 6) is 0.392. The van der Waals surface area contributed by atoms with Gasteiger partial charge in [0.1, 0.15) is 0 Å². The minimum atomic E-state index is -0.516. The van der Waals surface area contributed by atoms with Crippen LogP contribution in [-0.2, 0) is 4.79 Å². The van der Waals surface area contributed by atoms with Gasteiger partial charge in [0.05, 0.1) is 11.4 Å². The molecule has 1 amide bonds. The van der Waals surface area contributed by atoms with E-state index >= 15 is 0 Å². The lowest BCUT2D eigenvalue weighted by atomic mass is 10.0. The van der Waals surface area contributed by atoms with E-state index in [0.29, 0.717) is 17.1 Å². The van der Waals surface area contributed by atoms with E-state index in [1.54, 1.807) is 6.92 Å². The van der Waals surface area contributed by atoms with Gasteiger partial charge < -0.3 is 15.8 Å². The average molecular weight is 254 g/mol. The fourth-order valence-electron chi connectivity index (χ4n) is 2.14. The summed E-state index contributed by atoms with van der Waals surface area (Å²) in [4.78, 5) is 11.6. The number of nitrogens with two attached hydrogens (primary N) is 1. The molecular formula is C15H14N2O2. The van der Waals surface area contributed by atoms with Crippen LogP contribution in [0, 0.1) is 0 Å². The molecule has 0 saturated carbocycles. The quantitative estimate of drug-likeness (QED) is 0.769. The van der Waals surface area contributed by atoms with Gasteiger partial charge in [-0.3, -0.25) is 4.79 Å². The largest absolute Gasteiger partial charge is 0.477 e. The molecule has 2 aromatic carbocycles. The number of carbonyl (C=O) groups excluding carboxylic acids is 1. The van der Waals surface area contributed by atoms with Crippen LogP contribution in [0.4, 0.5) is 11.4 Å². The maximum absolute atomic E-state index is 11.6. The molecule has 96 valence electrons. The van der Waals surface area contributed by atoms with E-state index in [2.05, 4.69) is 5.32 Å². The summed E-state index contributed by atoms with van der Waals surface area (Å²) in [6.07, 6.45) is -0.516. The molecule has 19 heavy (non-hydrogen) atoms.